The molecule has 1 fully saturated rings. The number of nitrogens with zero attached hydrogens (tertiary/aromatic N) is 2. The van der Waals surface area contributed by atoms with Crippen LogP contribution in [0.5, 0.6) is 0 Å². The van der Waals surface area contributed by atoms with Crippen molar-refractivity contribution in [1.29, 1.82) is 0 Å². The molecule has 0 radical (unpaired) electrons. The molecular weight excluding hydrogens is 556 g/mol. The van der Waals surface area contributed by atoms with E-state index >= 15 is 0 Å². The zero-order valence-corrected chi connectivity index (χ0v) is 25.5. The second kappa shape index (κ2) is 14.6. The Morgan fingerprint density at radius 2 is 1.57 bits per heavy atom. The van der Waals surface area contributed by atoms with Crippen LogP contribution >= 0.6 is 0 Å². The molecule has 1 N–H and O–H groups in total. The molecule has 5 rings (SSSR count). The lowest BCUT2D eigenvalue weighted by molar-refractivity contribution is -0.142. The van der Waals surface area contributed by atoms with E-state index in [0.717, 1.165) is 28.3 Å². The summed E-state index contributed by atoms with van der Waals surface area (Å²) >= 11 is 0. The van der Waals surface area contributed by atoms with E-state index in [2.05, 4.69) is 47.5 Å². The summed E-state index contributed by atoms with van der Waals surface area (Å²) in [6, 6.07) is 27.0. The number of carbonyl (C=O) groups is 2. The molecule has 0 aromatic heterocycles. The number of benzene rings is 4. The third-order valence-corrected chi connectivity index (χ3v) is 8.97. The number of aryl methyl sites for hydroxylation is 1. The van der Waals surface area contributed by atoms with E-state index in [4.69, 9.17) is 0 Å². The maximum Gasteiger partial charge on any atom is 0.237 e. The van der Waals surface area contributed by atoms with E-state index in [1.807, 2.05) is 23.1 Å². The van der Waals surface area contributed by atoms with Crippen molar-refractivity contribution in [3.63, 3.8) is 0 Å². The molecule has 1 heterocycles. The predicted octanol–water partition coefficient (Wildman–Crippen LogP) is 6.19. The molecule has 1 saturated heterocycles. The molecule has 4 aromatic carbocycles. The molecule has 3 unspecified atom stereocenters. The van der Waals surface area contributed by atoms with Crippen molar-refractivity contribution < 1.29 is 18.4 Å². The number of hydrogen-bond donors (Lipinski definition) is 1. The highest BCUT2D eigenvalue weighted by Gasteiger charge is 2.37. The van der Waals surface area contributed by atoms with Gasteiger partial charge in [0.2, 0.25) is 11.8 Å². The lowest BCUT2D eigenvalue weighted by atomic mass is 9.90. The van der Waals surface area contributed by atoms with Gasteiger partial charge in [-0.1, -0.05) is 79.7 Å². The van der Waals surface area contributed by atoms with E-state index < -0.39 is 0 Å². The lowest BCUT2D eigenvalue weighted by Gasteiger charge is -2.45. The van der Waals surface area contributed by atoms with Crippen molar-refractivity contribution in [1.82, 2.24) is 15.1 Å². The number of nitrogens with one attached hydrogen (secondary N) is 1. The Hall–Kier alpha value is -4.10. The second-order valence-electron chi connectivity index (χ2n) is 11.8. The molecule has 1 aliphatic rings. The normalized spacial score (nSPS) is 16.9. The largest absolute Gasteiger partial charge is 0.358 e. The first-order chi connectivity index (χ1) is 21.4. The summed E-state index contributed by atoms with van der Waals surface area (Å²) < 4.78 is 28.1. The average molecular weight is 598 g/mol. The number of hydrogen-bond acceptors (Lipinski definition) is 3. The third-order valence-electron chi connectivity index (χ3n) is 8.97. The topological polar surface area (TPSA) is 52.7 Å². The summed E-state index contributed by atoms with van der Waals surface area (Å²) in [6.45, 7) is 3.73. The van der Waals surface area contributed by atoms with Crippen LogP contribution in [0, 0.1) is 17.6 Å². The molecule has 5 nitrogen and oxygen atoms in total. The van der Waals surface area contributed by atoms with Gasteiger partial charge in [-0.3, -0.25) is 14.5 Å². The van der Waals surface area contributed by atoms with Crippen LogP contribution in [0.3, 0.4) is 0 Å². The van der Waals surface area contributed by atoms with Gasteiger partial charge in [0.15, 0.2) is 0 Å². The standard InChI is InChI=1S/C37H41F2N3O2/c1-3-33-25-41(35(36(43)40-2)24-27-12-15-28-8-4-5-10-30(28)23-27)20-21-42(33)37(44)31(22-26-13-18-32(38)19-14-26)17-16-29-9-6-7-11-34(29)39/h4-15,18-19,23,31,33,35H,3,16-17,20-22,24-25H2,1-2H3,(H,40,43). The minimum Gasteiger partial charge on any atom is -0.358 e. The quantitative estimate of drug-likeness (QED) is 0.224. The maximum atomic E-state index is 14.5. The molecule has 4 aromatic rings. The predicted molar refractivity (Wildman–Crippen MR) is 171 cm³/mol. The molecule has 0 spiro atoms. The molecular formula is C37H41F2N3O2. The Morgan fingerprint density at radius 3 is 2.30 bits per heavy atom. The van der Waals surface area contributed by atoms with Gasteiger partial charge >= 0.3 is 0 Å². The molecule has 230 valence electrons. The van der Waals surface area contributed by atoms with Crippen LogP contribution in [-0.2, 0) is 28.9 Å². The van der Waals surface area contributed by atoms with Crippen molar-refractivity contribution in [2.75, 3.05) is 26.7 Å². The van der Waals surface area contributed by atoms with E-state index in [1.54, 1.807) is 31.3 Å². The number of amides is 2. The van der Waals surface area contributed by atoms with Crippen LogP contribution < -0.4 is 5.32 Å². The van der Waals surface area contributed by atoms with Gasteiger partial charge in [0, 0.05) is 38.6 Å². The summed E-state index contributed by atoms with van der Waals surface area (Å²) in [7, 11) is 1.67. The average Bonchev–Trinajstić information content (AvgIpc) is 3.06. The summed E-state index contributed by atoms with van der Waals surface area (Å²) in [5.41, 5.74) is 2.56. The first-order valence-electron chi connectivity index (χ1n) is 15.6. The molecule has 7 heteroatoms. The Labute approximate surface area is 258 Å². The summed E-state index contributed by atoms with van der Waals surface area (Å²) in [5.74, 6) is -0.977. The fourth-order valence-corrected chi connectivity index (χ4v) is 6.43. The number of rotatable bonds is 11. The van der Waals surface area contributed by atoms with Gasteiger partial charge in [-0.25, -0.2) is 8.78 Å². The smallest absolute Gasteiger partial charge is 0.237 e. The SMILES string of the molecule is CCC1CN(C(Cc2ccc3ccccc3c2)C(=O)NC)CCN1C(=O)C(CCc1ccccc1F)Cc1ccc(F)cc1. The first-order valence-corrected chi connectivity index (χ1v) is 15.6. The van der Waals surface area contributed by atoms with E-state index in [-0.39, 0.29) is 41.5 Å². The van der Waals surface area contributed by atoms with Crippen LogP contribution in [-0.4, -0.2) is 60.4 Å². The summed E-state index contributed by atoms with van der Waals surface area (Å²) in [4.78, 5) is 31.5. The van der Waals surface area contributed by atoms with Gasteiger partial charge in [-0.05, 0) is 77.8 Å². The lowest BCUT2D eigenvalue weighted by Crippen LogP contribution is -2.61. The molecule has 2 amide bonds. The summed E-state index contributed by atoms with van der Waals surface area (Å²) in [5, 5.41) is 5.16. The van der Waals surface area contributed by atoms with Crippen LogP contribution in [0.4, 0.5) is 8.78 Å². The second-order valence-corrected chi connectivity index (χ2v) is 11.8. The van der Waals surface area contributed by atoms with Crippen LogP contribution in [0.25, 0.3) is 10.8 Å². The minimum absolute atomic E-state index is 0.0307. The van der Waals surface area contributed by atoms with Crippen LogP contribution in [0.2, 0.25) is 0 Å². The van der Waals surface area contributed by atoms with Gasteiger partial charge in [0.25, 0.3) is 0 Å². The van der Waals surface area contributed by atoms with Gasteiger partial charge in [-0.15, -0.1) is 0 Å². The number of halogens is 2. The molecule has 0 bridgehead atoms. The highest BCUT2D eigenvalue weighted by molar-refractivity contribution is 5.84. The van der Waals surface area contributed by atoms with E-state index in [1.165, 1.54) is 18.2 Å². The Bertz CT molecular complexity index is 1570. The molecule has 1 aliphatic heterocycles. The fraction of sp³-hybridized carbons (Fsp3) is 0.351. The monoisotopic (exact) mass is 597 g/mol. The van der Waals surface area contributed by atoms with Crippen molar-refractivity contribution >= 4 is 22.6 Å². The molecule has 44 heavy (non-hydrogen) atoms. The van der Waals surface area contributed by atoms with Crippen molar-refractivity contribution in [2.45, 2.75) is 51.1 Å². The van der Waals surface area contributed by atoms with Gasteiger partial charge in [-0.2, -0.15) is 0 Å². The maximum absolute atomic E-state index is 14.5. The fourth-order valence-electron chi connectivity index (χ4n) is 6.43. The van der Waals surface area contributed by atoms with E-state index in [9.17, 15) is 18.4 Å². The zero-order chi connectivity index (χ0) is 31.1. The number of likely N-dealkylation sites (N-methyl/N-ethyl adjacent to an activating group) is 1. The van der Waals surface area contributed by atoms with Gasteiger partial charge < -0.3 is 10.2 Å². The minimum atomic E-state index is -0.381. The zero-order valence-electron chi connectivity index (χ0n) is 25.5. The molecule has 0 aliphatic carbocycles. The highest BCUT2D eigenvalue weighted by Crippen LogP contribution is 2.26. The van der Waals surface area contributed by atoms with Crippen LogP contribution in [0.1, 0.15) is 36.5 Å². The molecule has 0 saturated carbocycles. The number of carbonyl (C=O) groups excluding carboxylic acids is 2. The van der Waals surface area contributed by atoms with Gasteiger partial charge in [0.1, 0.15) is 11.6 Å². The van der Waals surface area contributed by atoms with Crippen LogP contribution in [0.15, 0.2) is 91.0 Å². The summed E-state index contributed by atoms with van der Waals surface area (Å²) in [6.07, 6.45) is 2.69. The Morgan fingerprint density at radius 1 is 0.864 bits per heavy atom. The van der Waals surface area contributed by atoms with Gasteiger partial charge in [0.05, 0.1) is 6.04 Å². The number of fused-ring (bicyclic) bond motifs is 1. The van der Waals surface area contributed by atoms with E-state index in [0.29, 0.717) is 50.9 Å². The number of piperazine rings is 1. The Kier molecular flexibility index (Phi) is 10.4. The first kappa shape index (κ1) is 31.3. The highest BCUT2D eigenvalue weighted by atomic mass is 19.1. The Balaban J connectivity index is 1.33. The third kappa shape index (κ3) is 7.51. The molecule has 3 atom stereocenters. The van der Waals surface area contributed by atoms with Crippen molar-refractivity contribution in [3.05, 3.63) is 119 Å². The van der Waals surface area contributed by atoms with Crippen molar-refractivity contribution in [3.8, 4) is 0 Å². The van der Waals surface area contributed by atoms with Crippen molar-refractivity contribution in [2.24, 2.45) is 5.92 Å².